The number of hydrogen-bond donors (Lipinski definition) is 0. The predicted octanol–water partition coefficient (Wildman–Crippen LogP) is 4.80. The number of piperidine rings is 1. The summed E-state index contributed by atoms with van der Waals surface area (Å²) in [6, 6.07) is 12.0. The quantitative estimate of drug-likeness (QED) is 0.495. The van der Waals surface area contributed by atoms with Crippen molar-refractivity contribution in [1.82, 2.24) is 24.6 Å². The lowest BCUT2D eigenvalue weighted by atomic mass is 9.95. The van der Waals surface area contributed by atoms with E-state index in [1.54, 1.807) is 0 Å². The van der Waals surface area contributed by atoms with E-state index >= 15 is 0 Å². The molecule has 2 aromatic heterocycles. The van der Waals surface area contributed by atoms with Gasteiger partial charge in [-0.25, -0.2) is 4.98 Å². The average Bonchev–Trinajstić information content (AvgIpc) is 3.62. The Bertz CT molecular complexity index is 1160. The molecule has 3 aliphatic rings. The number of amides is 1. The van der Waals surface area contributed by atoms with Crippen molar-refractivity contribution in [2.45, 2.75) is 44.7 Å². The Morgan fingerprint density at radius 3 is 2.47 bits per heavy atom. The highest BCUT2D eigenvalue weighted by Gasteiger charge is 2.36. The molecule has 1 aliphatic carbocycles. The Balaban J connectivity index is 0.00000137. The number of pyridine rings is 1. The molecule has 1 saturated heterocycles. The van der Waals surface area contributed by atoms with E-state index in [1.807, 2.05) is 41.4 Å². The van der Waals surface area contributed by atoms with Crippen molar-refractivity contribution in [2.24, 2.45) is 5.92 Å². The summed E-state index contributed by atoms with van der Waals surface area (Å²) in [6.45, 7) is 2.92. The van der Waals surface area contributed by atoms with Crippen LogP contribution in [0.3, 0.4) is 0 Å². The van der Waals surface area contributed by atoms with Gasteiger partial charge in [0.25, 0.3) is 0 Å². The van der Waals surface area contributed by atoms with Crippen molar-refractivity contribution >= 4 is 48.1 Å². The van der Waals surface area contributed by atoms with Gasteiger partial charge in [0.2, 0.25) is 5.91 Å². The number of benzene rings is 1. The second-order valence-corrected chi connectivity index (χ2v) is 9.44. The van der Waals surface area contributed by atoms with E-state index in [4.69, 9.17) is 11.6 Å². The lowest BCUT2D eigenvalue weighted by Gasteiger charge is -2.32. The van der Waals surface area contributed by atoms with Gasteiger partial charge in [0.15, 0.2) is 5.82 Å². The molecule has 1 aromatic carbocycles. The van der Waals surface area contributed by atoms with Crippen molar-refractivity contribution in [3.63, 3.8) is 0 Å². The van der Waals surface area contributed by atoms with Crippen LogP contribution in [0.1, 0.15) is 48.8 Å². The first-order valence-corrected chi connectivity index (χ1v) is 11.7. The predicted molar refractivity (Wildman–Crippen MR) is 136 cm³/mol. The summed E-state index contributed by atoms with van der Waals surface area (Å²) >= 11 is 6.34. The molecule has 180 valence electrons. The monoisotopic (exact) mass is 520 g/mol. The second kappa shape index (κ2) is 10.1. The molecule has 0 bridgehead atoms. The zero-order valence-corrected chi connectivity index (χ0v) is 21.0. The Morgan fingerprint density at radius 1 is 0.971 bits per heavy atom. The summed E-state index contributed by atoms with van der Waals surface area (Å²) in [4.78, 5) is 21.7. The van der Waals surface area contributed by atoms with Crippen LogP contribution in [-0.2, 0) is 17.9 Å². The van der Waals surface area contributed by atoms with Gasteiger partial charge in [0.1, 0.15) is 11.6 Å². The van der Waals surface area contributed by atoms with Crippen LogP contribution in [0.2, 0.25) is 5.02 Å². The van der Waals surface area contributed by atoms with Crippen molar-refractivity contribution in [3.05, 3.63) is 64.8 Å². The SMILES string of the molecule is Cl.Cl.O=C(C1CC1)N1Cc2cc(Cl)ccc2-n2c(nnc2C2CCN(c3ccccn3)CC2)C1. The lowest BCUT2D eigenvalue weighted by Crippen LogP contribution is -2.34. The van der Waals surface area contributed by atoms with Crippen LogP contribution >= 0.6 is 36.4 Å². The zero-order valence-electron chi connectivity index (χ0n) is 18.6. The molecule has 0 spiro atoms. The van der Waals surface area contributed by atoms with E-state index in [-0.39, 0.29) is 36.6 Å². The minimum atomic E-state index is 0. The van der Waals surface area contributed by atoms with Crippen LogP contribution in [-0.4, -0.2) is 43.6 Å². The van der Waals surface area contributed by atoms with E-state index < -0.39 is 0 Å². The molecule has 2 fully saturated rings. The molecule has 2 aliphatic heterocycles. The highest BCUT2D eigenvalue weighted by Crippen LogP contribution is 2.36. The van der Waals surface area contributed by atoms with E-state index in [0.717, 1.165) is 67.5 Å². The Labute approximate surface area is 216 Å². The molecule has 0 atom stereocenters. The zero-order chi connectivity index (χ0) is 21.7. The molecule has 7 nitrogen and oxygen atoms in total. The third-order valence-corrected chi connectivity index (χ3v) is 7.04. The number of nitrogens with zero attached hydrogens (tertiary/aromatic N) is 6. The third-order valence-electron chi connectivity index (χ3n) is 6.80. The molecule has 0 N–H and O–H groups in total. The Kier molecular flexibility index (Phi) is 7.36. The van der Waals surface area contributed by atoms with Gasteiger partial charge in [0.05, 0.1) is 12.2 Å². The van der Waals surface area contributed by atoms with Crippen LogP contribution in [0, 0.1) is 5.92 Å². The van der Waals surface area contributed by atoms with Gasteiger partial charge < -0.3 is 9.80 Å². The average molecular weight is 522 g/mol. The summed E-state index contributed by atoms with van der Waals surface area (Å²) in [5, 5.41) is 9.89. The molecule has 1 amide bonds. The highest BCUT2D eigenvalue weighted by molar-refractivity contribution is 6.30. The second-order valence-electron chi connectivity index (χ2n) is 9.00. The van der Waals surface area contributed by atoms with Gasteiger partial charge in [-0.2, -0.15) is 0 Å². The van der Waals surface area contributed by atoms with Gasteiger partial charge in [-0.1, -0.05) is 17.7 Å². The Hall–Kier alpha value is -2.35. The number of hydrogen-bond acceptors (Lipinski definition) is 5. The molecule has 0 radical (unpaired) electrons. The summed E-state index contributed by atoms with van der Waals surface area (Å²) < 4.78 is 2.19. The maximum absolute atomic E-state index is 12.9. The summed E-state index contributed by atoms with van der Waals surface area (Å²) in [5.74, 6) is 3.55. The number of anilines is 1. The van der Waals surface area contributed by atoms with E-state index in [0.29, 0.717) is 24.0 Å². The molecular formula is C24H27Cl3N6O. The first-order chi connectivity index (χ1) is 15.7. The van der Waals surface area contributed by atoms with Crippen LogP contribution in [0.15, 0.2) is 42.6 Å². The largest absolute Gasteiger partial charge is 0.357 e. The van der Waals surface area contributed by atoms with Gasteiger partial charge in [-0.15, -0.1) is 35.0 Å². The van der Waals surface area contributed by atoms with Crippen molar-refractivity contribution < 1.29 is 4.79 Å². The maximum atomic E-state index is 12.9. The van der Waals surface area contributed by atoms with E-state index in [1.165, 1.54) is 0 Å². The molecule has 6 rings (SSSR count). The minimum Gasteiger partial charge on any atom is -0.357 e. The van der Waals surface area contributed by atoms with E-state index in [2.05, 4.69) is 30.7 Å². The summed E-state index contributed by atoms with van der Waals surface area (Å²) in [6.07, 6.45) is 5.80. The highest BCUT2D eigenvalue weighted by atomic mass is 35.5. The van der Waals surface area contributed by atoms with Gasteiger partial charge in [-0.3, -0.25) is 9.36 Å². The number of fused-ring (bicyclic) bond motifs is 3. The summed E-state index contributed by atoms with van der Waals surface area (Å²) in [7, 11) is 0. The molecule has 1 saturated carbocycles. The molecule has 10 heteroatoms. The van der Waals surface area contributed by atoms with Crippen LogP contribution < -0.4 is 4.90 Å². The standard InChI is InChI=1S/C24H25ClN6O.2ClH/c25-19-6-7-20-18(13-19)14-30(24(32)17-4-5-17)15-22-27-28-23(31(20)22)16-8-11-29(12-9-16)21-3-1-2-10-26-21;;/h1-3,6-7,10,13,16-17H,4-5,8-9,11-12,14-15H2;2*1H. The van der Waals surface area contributed by atoms with Crippen LogP contribution in [0.25, 0.3) is 5.69 Å². The molecule has 4 heterocycles. The molecule has 3 aromatic rings. The van der Waals surface area contributed by atoms with Crippen LogP contribution in [0.4, 0.5) is 5.82 Å². The number of aromatic nitrogens is 4. The third kappa shape index (κ3) is 4.61. The van der Waals surface area contributed by atoms with Crippen molar-refractivity contribution in [2.75, 3.05) is 18.0 Å². The number of carbonyl (C=O) groups excluding carboxylic acids is 1. The molecule has 34 heavy (non-hydrogen) atoms. The topological polar surface area (TPSA) is 67.2 Å². The fraction of sp³-hybridized carbons (Fsp3) is 0.417. The normalized spacial score (nSPS) is 17.7. The van der Waals surface area contributed by atoms with Crippen LogP contribution in [0.5, 0.6) is 0 Å². The van der Waals surface area contributed by atoms with Gasteiger partial charge >= 0.3 is 0 Å². The number of halogens is 3. The lowest BCUT2D eigenvalue weighted by molar-refractivity contribution is -0.133. The van der Waals surface area contributed by atoms with Gasteiger partial charge in [0, 0.05) is 42.7 Å². The minimum absolute atomic E-state index is 0. The molecule has 0 unspecified atom stereocenters. The molecular weight excluding hydrogens is 495 g/mol. The summed E-state index contributed by atoms with van der Waals surface area (Å²) in [5.41, 5.74) is 2.10. The fourth-order valence-corrected chi connectivity index (χ4v) is 5.14. The fourth-order valence-electron chi connectivity index (χ4n) is 4.94. The number of rotatable bonds is 3. The first-order valence-electron chi connectivity index (χ1n) is 11.3. The Morgan fingerprint density at radius 2 is 1.76 bits per heavy atom. The van der Waals surface area contributed by atoms with Crippen molar-refractivity contribution in [1.29, 1.82) is 0 Å². The number of carbonyl (C=O) groups is 1. The maximum Gasteiger partial charge on any atom is 0.226 e. The van der Waals surface area contributed by atoms with E-state index in [9.17, 15) is 4.79 Å². The first kappa shape index (κ1) is 24.8. The van der Waals surface area contributed by atoms with Gasteiger partial charge in [-0.05, 0) is 61.6 Å². The van der Waals surface area contributed by atoms with Crippen molar-refractivity contribution in [3.8, 4) is 5.69 Å². The smallest absolute Gasteiger partial charge is 0.226 e.